The smallest absolute Gasteiger partial charge is 0.279 e. The Morgan fingerprint density at radius 3 is 2.45 bits per heavy atom. The van der Waals surface area contributed by atoms with E-state index in [4.69, 9.17) is 9.47 Å². The zero-order valence-corrected chi connectivity index (χ0v) is 12.8. The first-order valence-corrected chi connectivity index (χ1v) is 7.46. The Hall–Kier alpha value is -2.54. The Kier molecular flexibility index (Phi) is 5.79. The molecule has 2 rings (SSSR count). The maximum atomic E-state index is 11.6. The van der Waals surface area contributed by atoms with Crippen LogP contribution in [0.25, 0.3) is 0 Å². The molecular formula is C15H16N2O4S. The van der Waals surface area contributed by atoms with Crippen molar-refractivity contribution in [2.75, 3.05) is 13.7 Å². The van der Waals surface area contributed by atoms with Gasteiger partial charge in [0.1, 0.15) is 11.5 Å². The molecule has 0 radical (unpaired) electrons. The van der Waals surface area contributed by atoms with Crippen LogP contribution in [0.4, 0.5) is 0 Å². The van der Waals surface area contributed by atoms with Crippen molar-refractivity contribution in [2.24, 2.45) is 0 Å². The number of thiophene rings is 1. The highest BCUT2D eigenvalue weighted by atomic mass is 32.1. The lowest BCUT2D eigenvalue weighted by Gasteiger charge is -2.08. The van der Waals surface area contributed by atoms with E-state index >= 15 is 0 Å². The highest BCUT2D eigenvalue weighted by Gasteiger charge is 2.08. The van der Waals surface area contributed by atoms with Gasteiger partial charge in [0.05, 0.1) is 25.0 Å². The second-order valence-electron chi connectivity index (χ2n) is 4.25. The molecule has 1 aromatic carbocycles. The van der Waals surface area contributed by atoms with Crippen molar-refractivity contribution < 1.29 is 19.1 Å². The molecule has 116 valence electrons. The first kappa shape index (κ1) is 15.8. The molecule has 0 fully saturated rings. The molecule has 1 aromatic heterocycles. The fourth-order valence-electron chi connectivity index (χ4n) is 1.59. The first-order valence-electron chi connectivity index (χ1n) is 6.58. The number of amides is 2. The van der Waals surface area contributed by atoms with Crippen molar-refractivity contribution in [1.82, 2.24) is 10.9 Å². The predicted molar refractivity (Wildman–Crippen MR) is 83.0 cm³/mol. The van der Waals surface area contributed by atoms with Crippen LogP contribution in [-0.2, 0) is 4.79 Å². The summed E-state index contributed by atoms with van der Waals surface area (Å²) in [5.74, 6) is 0.732. The van der Waals surface area contributed by atoms with Crippen LogP contribution in [0.2, 0.25) is 0 Å². The predicted octanol–water partition coefficient (Wildman–Crippen LogP) is 1.99. The Balaban J connectivity index is 1.66. The second kappa shape index (κ2) is 8.04. The molecule has 0 spiro atoms. The molecule has 0 aliphatic carbocycles. The molecule has 1 heterocycles. The van der Waals surface area contributed by atoms with Gasteiger partial charge < -0.3 is 9.47 Å². The van der Waals surface area contributed by atoms with Crippen molar-refractivity contribution >= 4 is 23.2 Å². The average molecular weight is 320 g/mol. The van der Waals surface area contributed by atoms with E-state index in [0.717, 1.165) is 5.75 Å². The van der Waals surface area contributed by atoms with E-state index in [1.807, 2.05) is 0 Å². The normalized spacial score (nSPS) is 9.86. The molecule has 0 aliphatic heterocycles. The third kappa shape index (κ3) is 4.78. The summed E-state index contributed by atoms with van der Waals surface area (Å²) in [4.78, 5) is 23.7. The topological polar surface area (TPSA) is 76.7 Å². The number of carbonyl (C=O) groups excluding carboxylic acids is 2. The molecule has 0 saturated heterocycles. The minimum Gasteiger partial charge on any atom is -0.497 e. The number of carbonyl (C=O) groups is 2. The van der Waals surface area contributed by atoms with Crippen molar-refractivity contribution in [3.8, 4) is 11.5 Å². The van der Waals surface area contributed by atoms with Gasteiger partial charge in [-0.1, -0.05) is 6.07 Å². The molecule has 0 aliphatic rings. The van der Waals surface area contributed by atoms with Crippen molar-refractivity contribution in [1.29, 1.82) is 0 Å². The maximum absolute atomic E-state index is 11.6. The molecule has 2 aromatic rings. The fraction of sp³-hybridized carbons (Fsp3) is 0.200. The Bertz CT molecular complexity index is 611. The van der Waals surface area contributed by atoms with Crippen LogP contribution in [0.1, 0.15) is 16.1 Å². The van der Waals surface area contributed by atoms with E-state index in [9.17, 15) is 9.59 Å². The number of rotatable bonds is 6. The van der Waals surface area contributed by atoms with E-state index < -0.39 is 0 Å². The van der Waals surface area contributed by atoms with Crippen LogP contribution in [0.3, 0.4) is 0 Å². The summed E-state index contributed by atoms with van der Waals surface area (Å²) < 4.78 is 10.5. The molecule has 2 amide bonds. The molecule has 7 heteroatoms. The lowest BCUT2D eigenvalue weighted by Crippen LogP contribution is -2.41. The van der Waals surface area contributed by atoms with Crippen molar-refractivity contribution in [3.05, 3.63) is 46.7 Å². The molecule has 0 unspecified atom stereocenters. The molecule has 0 saturated carbocycles. The van der Waals surface area contributed by atoms with Gasteiger partial charge in [-0.15, -0.1) is 11.3 Å². The number of benzene rings is 1. The summed E-state index contributed by atoms with van der Waals surface area (Å²) in [6, 6.07) is 10.5. The molecule has 0 atom stereocenters. The summed E-state index contributed by atoms with van der Waals surface area (Å²) in [6.45, 7) is 0.215. The minimum absolute atomic E-state index is 0.136. The summed E-state index contributed by atoms with van der Waals surface area (Å²) in [5.41, 5.74) is 4.69. The number of methoxy groups -OCH3 is 1. The highest BCUT2D eigenvalue weighted by molar-refractivity contribution is 7.12. The Labute approximate surface area is 132 Å². The number of nitrogens with one attached hydrogen (secondary N) is 2. The van der Waals surface area contributed by atoms with Gasteiger partial charge in [0.25, 0.3) is 5.91 Å². The van der Waals surface area contributed by atoms with Gasteiger partial charge in [-0.05, 0) is 35.7 Å². The lowest BCUT2D eigenvalue weighted by atomic mass is 10.3. The van der Waals surface area contributed by atoms with Gasteiger partial charge in [0.15, 0.2) is 0 Å². The third-order valence-electron chi connectivity index (χ3n) is 2.72. The zero-order chi connectivity index (χ0) is 15.8. The van der Waals surface area contributed by atoms with Crippen LogP contribution in [-0.4, -0.2) is 25.5 Å². The quantitative estimate of drug-likeness (QED) is 0.798. The minimum atomic E-state index is -0.334. The Morgan fingerprint density at radius 2 is 1.82 bits per heavy atom. The van der Waals surface area contributed by atoms with Crippen LogP contribution >= 0.6 is 11.3 Å². The highest BCUT2D eigenvalue weighted by Crippen LogP contribution is 2.16. The first-order chi connectivity index (χ1) is 10.7. The molecule has 22 heavy (non-hydrogen) atoms. The molecule has 6 nitrogen and oxygen atoms in total. The average Bonchev–Trinajstić information content (AvgIpc) is 3.08. The van der Waals surface area contributed by atoms with E-state index in [2.05, 4.69) is 10.9 Å². The third-order valence-corrected chi connectivity index (χ3v) is 3.59. The van der Waals surface area contributed by atoms with Gasteiger partial charge in [0.2, 0.25) is 5.91 Å². The summed E-state index contributed by atoms with van der Waals surface area (Å²) in [5, 5.41) is 1.79. The van der Waals surface area contributed by atoms with Gasteiger partial charge in [0, 0.05) is 0 Å². The number of hydrazine groups is 1. The number of hydrogen-bond donors (Lipinski definition) is 2. The molecular weight excluding hydrogens is 304 g/mol. The summed E-state index contributed by atoms with van der Waals surface area (Å²) in [7, 11) is 1.59. The Morgan fingerprint density at radius 1 is 1.09 bits per heavy atom. The largest absolute Gasteiger partial charge is 0.497 e. The van der Waals surface area contributed by atoms with E-state index in [1.165, 1.54) is 11.3 Å². The van der Waals surface area contributed by atoms with Crippen molar-refractivity contribution in [3.63, 3.8) is 0 Å². The number of hydrogen-bond acceptors (Lipinski definition) is 5. The molecule has 2 N–H and O–H groups in total. The molecule has 0 bridgehead atoms. The van der Waals surface area contributed by atoms with E-state index in [-0.39, 0.29) is 24.8 Å². The van der Waals surface area contributed by atoms with Gasteiger partial charge in [-0.2, -0.15) is 0 Å². The van der Waals surface area contributed by atoms with Crippen LogP contribution in [0.15, 0.2) is 41.8 Å². The summed E-state index contributed by atoms with van der Waals surface area (Å²) >= 11 is 1.30. The second-order valence-corrected chi connectivity index (χ2v) is 5.20. The monoisotopic (exact) mass is 320 g/mol. The lowest BCUT2D eigenvalue weighted by molar-refractivity contribution is -0.122. The van der Waals surface area contributed by atoms with E-state index in [0.29, 0.717) is 10.6 Å². The van der Waals surface area contributed by atoms with Crippen LogP contribution in [0.5, 0.6) is 11.5 Å². The van der Waals surface area contributed by atoms with Gasteiger partial charge in [-0.3, -0.25) is 20.4 Å². The maximum Gasteiger partial charge on any atom is 0.279 e. The standard InChI is InChI=1S/C15H16N2O4S/c1-20-11-4-6-12(7-5-11)21-9-8-14(18)16-17-15(19)13-3-2-10-22-13/h2-7,10H,8-9H2,1H3,(H,16,18)(H,17,19). The van der Waals surface area contributed by atoms with Gasteiger partial charge in [-0.25, -0.2) is 0 Å². The fourth-order valence-corrected chi connectivity index (χ4v) is 2.21. The number of ether oxygens (including phenoxy) is 2. The van der Waals surface area contributed by atoms with E-state index in [1.54, 1.807) is 48.9 Å². The van der Waals surface area contributed by atoms with Gasteiger partial charge >= 0.3 is 0 Å². The SMILES string of the molecule is COc1ccc(OCCC(=O)NNC(=O)c2cccs2)cc1. The summed E-state index contributed by atoms with van der Waals surface area (Å²) in [6.07, 6.45) is 0.136. The van der Waals surface area contributed by atoms with Crippen LogP contribution < -0.4 is 20.3 Å². The van der Waals surface area contributed by atoms with Crippen molar-refractivity contribution in [2.45, 2.75) is 6.42 Å². The van der Waals surface area contributed by atoms with Crippen LogP contribution in [0, 0.1) is 0 Å². The zero-order valence-electron chi connectivity index (χ0n) is 12.0.